The van der Waals surface area contributed by atoms with Gasteiger partial charge in [-0.1, -0.05) is 6.07 Å². The van der Waals surface area contributed by atoms with E-state index in [4.69, 9.17) is 4.74 Å². The van der Waals surface area contributed by atoms with E-state index in [2.05, 4.69) is 22.2 Å². The van der Waals surface area contributed by atoms with E-state index in [0.717, 1.165) is 37.4 Å². The summed E-state index contributed by atoms with van der Waals surface area (Å²) in [5, 5.41) is 2.88. The molecular weight excluding hydrogens is 290 g/mol. The van der Waals surface area contributed by atoms with Crippen molar-refractivity contribution in [1.29, 1.82) is 0 Å². The number of nitrogens with zero attached hydrogens (tertiary/aromatic N) is 2. The van der Waals surface area contributed by atoms with E-state index >= 15 is 0 Å². The van der Waals surface area contributed by atoms with Crippen molar-refractivity contribution in [2.75, 3.05) is 25.5 Å². The minimum Gasteiger partial charge on any atom is -0.490 e. The van der Waals surface area contributed by atoms with E-state index in [0.29, 0.717) is 5.56 Å². The Kier molecular flexibility index (Phi) is 4.88. The summed E-state index contributed by atoms with van der Waals surface area (Å²) in [5.41, 5.74) is 1.26. The van der Waals surface area contributed by atoms with Gasteiger partial charge in [0.05, 0.1) is 5.56 Å². The molecule has 5 heteroatoms. The molecule has 1 aliphatic heterocycles. The second kappa shape index (κ2) is 7.24. The van der Waals surface area contributed by atoms with Crippen molar-refractivity contribution < 1.29 is 9.53 Å². The molecule has 0 spiro atoms. The summed E-state index contributed by atoms with van der Waals surface area (Å²) in [6.45, 7) is 2.12. The Morgan fingerprint density at radius 3 is 2.83 bits per heavy atom. The predicted octanol–water partition coefficient (Wildman–Crippen LogP) is 2.81. The first-order valence-corrected chi connectivity index (χ1v) is 7.87. The summed E-state index contributed by atoms with van der Waals surface area (Å²) in [6, 6.07) is 11.0. The Bertz CT molecular complexity index is 652. The lowest BCUT2D eigenvalue weighted by Gasteiger charge is -2.29. The zero-order valence-corrected chi connectivity index (χ0v) is 13.2. The van der Waals surface area contributed by atoms with Crippen molar-refractivity contribution in [3.63, 3.8) is 0 Å². The maximum Gasteiger partial charge on any atom is 0.257 e. The summed E-state index contributed by atoms with van der Waals surface area (Å²) in [6.07, 6.45) is 5.50. The van der Waals surface area contributed by atoms with Gasteiger partial charge in [-0.2, -0.15) is 0 Å². The molecule has 5 nitrogen and oxygen atoms in total. The molecule has 1 aliphatic rings. The molecule has 0 atom stereocenters. The van der Waals surface area contributed by atoms with Gasteiger partial charge in [-0.15, -0.1) is 0 Å². The molecular formula is C18H21N3O2. The van der Waals surface area contributed by atoms with Gasteiger partial charge >= 0.3 is 0 Å². The zero-order valence-electron chi connectivity index (χ0n) is 13.2. The summed E-state index contributed by atoms with van der Waals surface area (Å²) < 4.78 is 6.04. The highest BCUT2D eigenvalue weighted by Crippen LogP contribution is 2.22. The van der Waals surface area contributed by atoms with E-state index in [-0.39, 0.29) is 12.0 Å². The van der Waals surface area contributed by atoms with Crippen LogP contribution in [0.5, 0.6) is 5.75 Å². The predicted molar refractivity (Wildman–Crippen MR) is 89.8 cm³/mol. The normalized spacial score (nSPS) is 16.0. The molecule has 3 rings (SSSR count). The van der Waals surface area contributed by atoms with Crippen LogP contribution in [-0.4, -0.2) is 42.0 Å². The van der Waals surface area contributed by atoms with Crippen molar-refractivity contribution in [3.8, 4) is 5.75 Å². The van der Waals surface area contributed by atoms with Crippen molar-refractivity contribution in [3.05, 3.63) is 54.4 Å². The van der Waals surface area contributed by atoms with Crippen LogP contribution < -0.4 is 10.1 Å². The summed E-state index contributed by atoms with van der Waals surface area (Å²) in [4.78, 5) is 18.4. The lowest BCUT2D eigenvalue weighted by atomic mass is 10.1. The Morgan fingerprint density at radius 1 is 1.26 bits per heavy atom. The van der Waals surface area contributed by atoms with Crippen LogP contribution in [0, 0.1) is 0 Å². The fraction of sp³-hybridized carbons (Fsp3) is 0.333. The summed E-state index contributed by atoms with van der Waals surface area (Å²) in [5.74, 6) is 0.623. The van der Waals surface area contributed by atoms with Crippen LogP contribution >= 0.6 is 0 Å². The second-order valence-corrected chi connectivity index (χ2v) is 5.84. The number of carbonyl (C=O) groups excluding carboxylic acids is 1. The lowest BCUT2D eigenvalue weighted by Crippen LogP contribution is -2.35. The van der Waals surface area contributed by atoms with E-state index in [9.17, 15) is 4.79 Å². The largest absolute Gasteiger partial charge is 0.490 e. The number of nitrogens with one attached hydrogen (secondary N) is 1. The molecule has 0 saturated carbocycles. The maximum absolute atomic E-state index is 12.2. The average molecular weight is 311 g/mol. The van der Waals surface area contributed by atoms with Crippen molar-refractivity contribution in [2.24, 2.45) is 0 Å². The Balaban J connectivity index is 1.62. The maximum atomic E-state index is 12.2. The number of likely N-dealkylation sites (tertiary alicyclic amines) is 1. The zero-order chi connectivity index (χ0) is 16.1. The minimum atomic E-state index is -0.172. The highest BCUT2D eigenvalue weighted by molar-refractivity contribution is 6.04. The Hall–Kier alpha value is -2.40. The number of pyridine rings is 1. The van der Waals surface area contributed by atoms with Crippen LogP contribution in [0.2, 0.25) is 0 Å². The number of carbonyl (C=O) groups is 1. The first-order valence-electron chi connectivity index (χ1n) is 7.87. The van der Waals surface area contributed by atoms with Crippen LogP contribution in [0.3, 0.4) is 0 Å². The average Bonchev–Trinajstić information content (AvgIpc) is 2.58. The van der Waals surface area contributed by atoms with Gasteiger partial charge in [0.25, 0.3) is 5.91 Å². The van der Waals surface area contributed by atoms with Crippen molar-refractivity contribution >= 4 is 11.6 Å². The van der Waals surface area contributed by atoms with Crippen molar-refractivity contribution in [2.45, 2.75) is 18.9 Å². The van der Waals surface area contributed by atoms with Gasteiger partial charge in [0.15, 0.2) is 0 Å². The third-order valence-corrected chi connectivity index (χ3v) is 3.98. The Labute approximate surface area is 136 Å². The minimum absolute atomic E-state index is 0.172. The topological polar surface area (TPSA) is 54.5 Å². The number of piperidine rings is 1. The van der Waals surface area contributed by atoms with Gasteiger partial charge in [-0.25, -0.2) is 0 Å². The molecule has 23 heavy (non-hydrogen) atoms. The number of hydrogen-bond acceptors (Lipinski definition) is 4. The molecule has 0 radical (unpaired) electrons. The number of rotatable bonds is 4. The van der Waals surface area contributed by atoms with E-state index in [1.165, 1.54) is 0 Å². The molecule has 1 amide bonds. The van der Waals surface area contributed by atoms with E-state index < -0.39 is 0 Å². The molecule has 0 aliphatic carbocycles. The van der Waals surface area contributed by atoms with Gasteiger partial charge < -0.3 is 15.0 Å². The smallest absolute Gasteiger partial charge is 0.257 e. The lowest BCUT2D eigenvalue weighted by molar-refractivity contribution is 0.102. The van der Waals surface area contributed by atoms with Crippen molar-refractivity contribution in [1.82, 2.24) is 9.88 Å². The molecule has 1 fully saturated rings. The number of anilines is 1. The van der Waals surface area contributed by atoms with Crippen LogP contribution in [0.25, 0.3) is 0 Å². The highest BCUT2D eigenvalue weighted by Gasteiger charge is 2.18. The first-order chi connectivity index (χ1) is 11.2. The standard InChI is InChI=1S/C18H21N3O2/c1-21-10-7-16(8-11-21)23-17-6-2-5-15(12-17)20-18(22)14-4-3-9-19-13-14/h2-6,9,12-13,16H,7-8,10-11H2,1H3,(H,20,22). The van der Waals surface area contributed by atoms with Gasteiger partial charge in [-0.3, -0.25) is 9.78 Å². The Morgan fingerprint density at radius 2 is 2.09 bits per heavy atom. The second-order valence-electron chi connectivity index (χ2n) is 5.84. The van der Waals surface area contributed by atoms with Crippen LogP contribution in [0.15, 0.2) is 48.8 Å². The number of ether oxygens (including phenoxy) is 1. The molecule has 1 aromatic heterocycles. The molecule has 0 unspecified atom stereocenters. The molecule has 2 aromatic rings. The highest BCUT2D eigenvalue weighted by atomic mass is 16.5. The van der Waals surface area contributed by atoms with Gasteiger partial charge in [0, 0.05) is 37.2 Å². The molecule has 120 valence electrons. The first kappa shape index (κ1) is 15.5. The molecule has 1 aromatic carbocycles. The third kappa shape index (κ3) is 4.29. The van der Waals surface area contributed by atoms with Crippen LogP contribution in [0.1, 0.15) is 23.2 Å². The number of aromatic nitrogens is 1. The van der Waals surface area contributed by atoms with Gasteiger partial charge in [0.1, 0.15) is 11.9 Å². The number of benzene rings is 1. The van der Waals surface area contributed by atoms with E-state index in [1.54, 1.807) is 24.5 Å². The summed E-state index contributed by atoms with van der Waals surface area (Å²) in [7, 11) is 2.13. The molecule has 1 saturated heterocycles. The fourth-order valence-corrected chi connectivity index (χ4v) is 2.64. The van der Waals surface area contributed by atoms with Crippen LogP contribution in [-0.2, 0) is 0 Å². The SMILES string of the molecule is CN1CCC(Oc2cccc(NC(=O)c3cccnc3)c2)CC1. The third-order valence-electron chi connectivity index (χ3n) is 3.98. The van der Waals surface area contributed by atoms with Gasteiger partial charge in [-0.05, 0) is 44.2 Å². The summed E-state index contributed by atoms with van der Waals surface area (Å²) >= 11 is 0. The number of hydrogen-bond donors (Lipinski definition) is 1. The monoisotopic (exact) mass is 311 g/mol. The number of amides is 1. The quantitative estimate of drug-likeness (QED) is 0.943. The molecule has 2 heterocycles. The van der Waals surface area contributed by atoms with E-state index in [1.807, 2.05) is 24.3 Å². The van der Waals surface area contributed by atoms with Crippen LogP contribution in [0.4, 0.5) is 5.69 Å². The molecule has 1 N–H and O–H groups in total. The fourth-order valence-electron chi connectivity index (χ4n) is 2.64. The van der Waals surface area contributed by atoms with Gasteiger partial charge in [0.2, 0.25) is 0 Å². The molecule has 0 bridgehead atoms.